The number of hydrogen-bond donors (Lipinski definition) is 1. The van der Waals surface area contributed by atoms with E-state index in [0.29, 0.717) is 0 Å². The van der Waals surface area contributed by atoms with Crippen LogP contribution >= 0.6 is 0 Å². The van der Waals surface area contributed by atoms with Crippen molar-refractivity contribution < 1.29 is 30.0 Å². The van der Waals surface area contributed by atoms with Crippen LogP contribution in [0.1, 0.15) is 70.2 Å². The minimum absolute atomic E-state index is 0. The smallest absolute Gasteiger partial charge is 0.162 e. The van der Waals surface area contributed by atoms with E-state index in [-0.39, 0.29) is 43.5 Å². The number of aryl methyl sites for hydroxylation is 3. The van der Waals surface area contributed by atoms with Gasteiger partial charge in [0, 0.05) is 60.7 Å². The van der Waals surface area contributed by atoms with E-state index in [9.17, 15) is 9.90 Å². The first-order valence-electron chi connectivity index (χ1n) is 16.0. The molecule has 6 aromatic rings. The van der Waals surface area contributed by atoms with Gasteiger partial charge in [0.25, 0.3) is 0 Å². The second-order valence-corrected chi connectivity index (χ2v) is 12.0. The number of aromatic nitrogens is 2. The third-order valence-electron chi connectivity index (χ3n) is 8.94. The Morgan fingerprint density at radius 1 is 0.800 bits per heavy atom. The van der Waals surface area contributed by atoms with Gasteiger partial charge in [0.15, 0.2) is 5.78 Å². The molecular formula is C40H43IrN2O2-. The molecule has 0 aliphatic rings. The number of carbonyl (C=O) groups excluding carboxylic acids is 1. The predicted molar refractivity (Wildman–Crippen MR) is 186 cm³/mol. The van der Waals surface area contributed by atoms with Crippen molar-refractivity contribution in [3.8, 4) is 11.3 Å². The molecule has 1 radical (unpaired) electrons. The third-order valence-corrected chi connectivity index (χ3v) is 8.94. The Bertz CT molecular complexity index is 1970. The summed E-state index contributed by atoms with van der Waals surface area (Å²) in [5.74, 6) is 0.547. The molecule has 5 heteroatoms. The number of hydrogen-bond acceptors (Lipinski definition) is 4. The van der Waals surface area contributed by atoms with Gasteiger partial charge in [-0.2, -0.15) is 0 Å². The molecule has 0 amide bonds. The molecule has 0 fully saturated rings. The van der Waals surface area contributed by atoms with Crippen LogP contribution in [-0.2, 0) is 24.9 Å². The van der Waals surface area contributed by atoms with Crippen molar-refractivity contribution in [3.63, 3.8) is 0 Å². The maximum absolute atomic E-state index is 11.7. The Morgan fingerprint density at radius 3 is 2.07 bits per heavy atom. The van der Waals surface area contributed by atoms with Crippen LogP contribution < -0.4 is 0 Å². The van der Waals surface area contributed by atoms with Crippen LogP contribution in [0.25, 0.3) is 54.5 Å². The summed E-state index contributed by atoms with van der Waals surface area (Å²) in [6.07, 6.45) is 6.94. The molecule has 4 nitrogen and oxygen atoms in total. The first kappa shape index (κ1) is 34.2. The predicted octanol–water partition coefficient (Wildman–Crippen LogP) is 10.8. The summed E-state index contributed by atoms with van der Waals surface area (Å²) in [6, 6.07) is 23.0. The van der Waals surface area contributed by atoms with Crippen molar-refractivity contribution >= 4 is 49.0 Å². The summed E-state index contributed by atoms with van der Waals surface area (Å²) in [5.41, 5.74) is 6.52. The van der Waals surface area contributed by atoms with E-state index in [4.69, 9.17) is 9.97 Å². The van der Waals surface area contributed by atoms with Crippen molar-refractivity contribution in [3.05, 3.63) is 95.5 Å². The van der Waals surface area contributed by atoms with Crippen LogP contribution in [0.2, 0.25) is 0 Å². The quantitative estimate of drug-likeness (QED) is 0.0550. The summed E-state index contributed by atoms with van der Waals surface area (Å²) in [6.45, 7) is 14.4. The Morgan fingerprint density at radius 2 is 1.42 bits per heavy atom. The van der Waals surface area contributed by atoms with Crippen LogP contribution in [0, 0.1) is 38.7 Å². The van der Waals surface area contributed by atoms with Crippen molar-refractivity contribution in [2.75, 3.05) is 0 Å². The van der Waals surface area contributed by atoms with Gasteiger partial charge in [-0.25, -0.2) is 0 Å². The minimum Gasteiger partial charge on any atom is -0.512 e. The van der Waals surface area contributed by atoms with E-state index in [2.05, 4.69) is 81.4 Å². The number of carbonyl (C=O) groups is 1. The summed E-state index contributed by atoms with van der Waals surface area (Å²) in [5, 5.41) is 18.4. The standard InChI is InChI=1S/C27H19N2.C13H24O2.Ir/c1-15-10-16(2)12-18(11-15)27-21-8-4-6-19-22-13-17(3)29-24-9-5-7-20(26(22)24)23(14-28-27)25(19)21;1-5-10(6-2)12(14)9-13(15)11(7-3)8-4;/h4-11,13-14H,1-3H3;9-11,14H,5-8H2,1-4H3;/q-1;;/b;12-9-;. The van der Waals surface area contributed by atoms with Gasteiger partial charge >= 0.3 is 0 Å². The molecular weight excluding hydrogens is 733 g/mol. The number of nitrogens with zero attached hydrogens (tertiary/aromatic N) is 2. The van der Waals surface area contributed by atoms with Crippen LogP contribution in [0.15, 0.2) is 72.6 Å². The van der Waals surface area contributed by atoms with E-state index in [1.807, 2.05) is 33.9 Å². The monoisotopic (exact) mass is 776 g/mol. The summed E-state index contributed by atoms with van der Waals surface area (Å²) >= 11 is 0. The molecule has 235 valence electrons. The van der Waals surface area contributed by atoms with Crippen LogP contribution in [0.5, 0.6) is 0 Å². The molecule has 0 saturated heterocycles. The summed E-state index contributed by atoms with van der Waals surface area (Å²) in [4.78, 5) is 21.4. The van der Waals surface area contributed by atoms with Crippen LogP contribution in [0.3, 0.4) is 0 Å². The Balaban J connectivity index is 0.000000249. The maximum Gasteiger partial charge on any atom is 0.162 e. The van der Waals surface area contributed by atoms with E-state index in [1.165, 1.54) is 49.3 Å². The zero-order chi connectivity index (χ0) is 31.5. The molecule has 45 heavy (non-hydrogen) atoms. The first-order valence-corrected chi connectivity index (χ1v) is 16.0. The SMILES string of the molecule is CCC(CC)C(=O)/C=C(\O)C(CC)CC.Cc1[c-]c(-c2ncc3c4cccc5nc(C)cc(c6cccc2c63)c54)cc(C)c1.[Ir]. The molecule has 0 atom stereocenters. The van der Waals surface area contributed by atoms with Crippen LogP contribution in [-0.4, -0.2) is 20.9 Å². The van der Waals surface area contributed by atoms with Gasteiger partial charge < -0.3 is 10.1 Å². The van der Waals surface area contributed by atoms with Gasteiger partial charge in [-0.05, 0) is 77.4 Å². The van der Waals surface area contributed by atoms with Gasteiger partial charge in [-0.3, -0.25) is 9.78 Å². The number of aliphatic hydroxyl groups is 1. The number of rotatable bonds is 8. The zero-order valence-electron chi connectivity index (χ0n) is 27.4. The average molecular weight is 776 g/mol. The molecule has 0 aliphatic heterocycles. The fourth-order valence-electron chi connectivity index (χ4n) is 6.61. The fraction of sp³-hybridized carbons (Fsp3) is 0.325. The van der Waals surface area contributed by atoms with Gasteiger partial charge in [0.2, 0.25) is 0 Å². The van der Waals surface area contributed by atoms with Gasteiger partial charge in [0.05, 0.1) is 11.3 Å². The van der Waals surface area contributed by atoms with Crippen molar-refractivity contribution in [2.45, 2.75) is 74.1 Å². The fourth-order valence-corrected chi connectivity index (χ4v) is 6.61. The second-order valence-electron chi connectivity index (χ2n) is 12.0. The zero-order valence-corrected chi connectivity index (χ0v) is 29.8. The molecule has 4 aromatic carbocycles. The number of benzene rings is 4. The van der Waals surface area contributed by atoms with Gasteiger partial charge in [-0.1, -0.05) is 71.9 Å². The van der Waals surface area contributed by atoms with E-state index in [1.54, 1.807) is 0 Å². The summed E-state index contributed by atoms with van der Waals surface area (Å²) < 4.78 is 0. The number of ketones is 1. The number of allylic oxidation sites excluding steroid dienone is 2. The average Bonchev–Trinajstić information content (AvgIpc) is 3.00. The number of aliphatic hydroxyl groups excluding tert-OH is 1. The number of fused-ring (bicyclic) bond motifs is 2. The van der Waals surface area contributed by atoms with Crippen molar-refractivity contribution in [2.24, 2.45) is 11.8 Å². The molecule has 0 bridgehead atoms. The molecule has 0 unspecified atom stereocenters. The summed E-state index contributed by atoms with van der Waals surface area (Å²) in [7, 11) is 0. The molecule has 2 aromatic heterocycles. The third kappa shape index (κ3) is 6.81. The normalized spacial score (nSPS) is 11.9. The maximum atomic E-state index is 11.7. The minimum atomic E-state index is 0. The largest absolute Gasteiger partial charge is 0.512 e. The van der Waals surface area contributed by atoms with E-state index < -0.39 is 0 Å². The van der Waals surface area contributed by atoms with Crippen molar-refractivity contribution in [1.29, 1.82) is 0 Å². The molecule has 1 N–H and O–H groups in total. The van der Waals surface area contributed by atoms with Gasteiger partial charge in [-0.15, -0.1) is 34.9 Å². The molecule has 0 spiro atoms. The Labute approximate surface area is 280 Å². The van der Waals surface area contributed by atoms with E-state index >= 15 is 0 Å². The first-order chi connectivity index (χ1) is 21.2. The molecule has 6 rings (SSSR count). The van der Waals surface area contributed by atoms with E-state index in [0.717, 1.165) is 53.7 Å². The Hall–Kier alpha value is -3.66. The van der Waals surface area contributed by atoms with Crippen molar-refractivity contribution in [1.82, 2.24) is 9.97 Å². The molecule has 0 saturated carbocycles. The molecule has 2 heterocycles. The number of pyridine rings is 2. The van der Waals surface area contributed by atoms with Gasteiger partial charge in [0.1, 0.15) is 0 Å². The van der Waals surface area contributed by atoms with Crippen LogP contribution in [0.4, 0.5) is 0 Å². The Kier molecular flexibility index (Phi) is 11.1. The molecule has 0 aliphatic carbocycles. The topological polar surface area (TPSA) is 63.1 Å². The second kappa shape index (κ2) is 14.6.